The SMILES string of the molecule is CCNc1nccc(NCCC(=O)NCCOC)n1. The van der Waals surface area contributed by atoms with Gasteiger partial charge in [0.2, 0.25) is 11.9 Å². The Morgan fingerprint density at radius 1 is 1.37 bits per heavy atom. The van der Waals surface area contributed by atoms with Crippen LogP contribution in [-0.4, -0.2) is 49.2 Å². The lowest BCUT2D eigenvalue weighted by Gasteiger charge is -2.07. The van der Waals surface area contributed by atoms with Crippen molar-refractivity contribution in [1.82, 2.24) is 15.3 Å². The molecule has 1 amide bonds. The average Bonchev–Trinajstić information content (AvgIpc) is 2.40. The van der Waals surface area contributed by atoms with E-state index in [1.807, 2.05) is 6.92 Å². The van der Waals surface area contributed by atoms with Gasteiger partial charge in [0.15, 0.2) is 0 Å². The molecule has 0 aliphatic carbocycles. The largest absolute Gasteiger partial charge is 0.383 e. The number of carbonyl (C=O) groups is 1. The number of anilines is 2. The Hall–Kier alpha value is -1.89. The van der Waals surface area contributed by atoms with Crippen LogP contribution < -0.4 is 16.0 Å². The Kier molecular flexibility index (Phi) is 7.26. The molecule has 0 saturated carbocycles. The molecule has 7 nitrogen and oxygen atoms in total. The number of carbonyl (C=O) groups excluding carboxylic acids is 1. The zero-order chi connectivity index (χ0) is 13.9. The fraction of sp³-hybridized carbons (Fsp3) is 0.583. The molecule has 0 aromatic carbocycles. The number of methoxy groups -OCH3 is 1. The van der Waals surface area contributed by atoms with Gasteiger partial charge in [0.05, 0.1) is 6.61 Å². The van der Waals surface area contributed by atoms with Gasteiger partial charge in [-0.3, -0.25) is 4.79 Å². The molecule has 0 atom stereocenters. The van der Waals surface area contributed by atoms with Crippen LogP contribution in [0.3, 0.4) is 0 Å². The summed E-state index contributed by atoms with van der Waals surface area (Å²) in [7, 11) is 1.60. The monoisotopic (exact) mass is 267 g/mol. The normalized spacial score (nSPS) is 10.0. The minimum absolute atomic E-state index is 0.00878. The standard InChI is InChI=1S/C12H21N5O2/c1-3-13-12-16-6-4-10(17-12)14-7-5-11(18)15-8-9-19-2/h4,6H,3,5,7-9H2,1-2H3,(H,15,18)(H2,13,14,16,17). The Morgan fingerprint density at radius 3 is 2.95 bits per heavy atom. The number of nitrogens with zero attached hydrogens (tertiary/aromatic N) is 2. The van der Waals surface area contributed by atoms with Gasteiger partial charge < -0.3 is 20.7 Å². The van der Waals surface area contributed by atoms with Crippen molar-refractivity contribution in [3.05, 3.63) is 12.3 Å². The second-order valence-electron chi connectivity index (χ2n) is 3.82. The summed E-state index contributed by atoms with van der Waals surface area (Å²) in [5.74, 6) is 1.28. The van der Waals surface area contributed by atoms with Crippen molar-refractivity contribution in [3.8, 4) is 0 Å². The van der Waals surface area contributed by atoms with E-state index in [9.17, 15) is 4.79 Å². The quantitative estimate of drug-likeness (QED) is 0.564. The number of hydrogen-bond donors (Lipinski definition) is 3. The van der Waals surface area contributed by atoms with Crippen LogP contribution in [0.5, 0.6) is 0 Å². The summed E-state index contributed by atoms with van der Waals surface area (Å²) < 4.78 is 4.85. The molecule has 106 valence electrons. The first kappa shape index (κ1) is 15.2. The maximum absolute atomic E-state index is 11.4. The summed E-state index contributed by atoms with van der Waals surface area (Å²) >= 11 is 0. The minimum atomic E-state index is -0.00878. The molecule has 0 aliphatic rings. The summed E-state index contributed by atoms with van der Waals surface area (Å²) in [6, 6.07) is 1.77. The van der Waals surface area contributed by atoms with Crippen molar-refractivity contribution in [3.63, 3.8) is 0 Å². The highest BCUT2D eigenvalue weighted by atomic mass is 16.5. The van der Waals surface area contributed by atoms with Gasteiger partial charge in [0.25, 0.3) is 0 Å². The van der Waals surface area contributed by atoms with E-state index in [2.05, 4.69) is 25.9 Å². The molecule has 0 fully saturated rings. The van der Waals surface area contributed by atoms with E-state index in [1.54, 1.807) is 19.4 Å². The summed E-state index contributed by atoms with van der Waals surface area (Å²) in [4.78, 5) is 19.7. The van der Waals surface area contributed by atoms with Crippen LogP contribution >= 0.6 is 0 Å². The van der Waals surface area contributed by atoms with Crippen molar-refractivity contribution in [2.24, 2.45) is 0 Å². The predicted octanol–water partition coefficient (Wildman–Crippen LogP) is 0.473. The second-order valence-corrected chi connectivity index (χ2v) is 3.82. The van der Waals surface area contributed by atoms with Crippen molar-refractivity contribution >= 4 is 17.7 Å². The topological polar surface area (TPSA) is 88.2 Å². The number of aromatic nitrogens is 2. The first-order chi connectivity index (χ1) is 9.26. The molecule has 0 spiro atoms. The molecular weight excluding hydrogens is 246 g/mol. The van der Waals surface area contributed by atoms with Gasteiger partial charge in [-0.15, -0.1) is 0 Å². The molecule has 0 unspecified atom stereocenters. The van der Waals surface area contributed by atoms with Crippen molar-refractivity contribution < 1.29 is 9.53 Å². The number of ether oxygens (including phenoxy) is 1. The summed E-state index contributed by atoms with van der Waals surface area (Å²) in [6.07, 6.45) is 2.07. The number of amides is 1. The lowest BCUT2D eigenvalue weighted by atomic mass is 10.4. The third-order valence-corrected chi connectivity index (χ3v) is 2.28. The first-order valence-corrected chi connectivity index (χ1v) is 6.32. The molecule has 0 bridgehead atoms. The van der Waals surface area contributed by atoms with E-state index in [1.165, 1.54) is 0 Å². The van der Waals surface area contributed by atoms with Gasteiger partial charge in [-0.2, -0.15) is 4.98 Å². The van der Waals surface area contributed by atoms with Crippen LogP contribution in [0.15, 0.2) is 12.3 Å². The smallest absolute Gasteiger partial charge is 0.224 e. The number of rotatable bonds is 9. The van der Waals surface area contributed by atoms with Gasteiger partial charge in [0.1, 0.15) is 5.82 Å². The fourth-order valence-electron chi connectivity index (χ4n) is 1.39. The predicted molar refractivity (Wildman–Crippen MR) is 74.2 cm³/mol. The van der Waals surface area contributed by atoms with Crippen LogP contribution in [0.2, 0.25) is 0 Å². The lowest BCUT2D eigenvalue weighted by molar-refractivity contribution is -0.121. The highest BCUT2D eigenvalue weighted by Gasteiger charge is 2.01. The van der Waals surface area contributed by atoms with Crippen LogP contribution in [0.4, 0.5) is 11.8 Å². The van der Waals surface area contributed by atoms with E-state index < -0.39 is 0 Å². The molecule has 1 rings (SSSR count). The van der Waals surface area contributed by atoms with Crippen LogP contribution in [-0.2, 0) is 9.53 Å². The Labute approximate surface area is 113 Å². The Bertz CT molecular complexity index is 386. The number of nitrogens with one attached hydrogen (secondary N) is 3. The zero-order valence-corrected chi connectivity index (χ0v) is 11.4. The summed E-state index contributed by atoms with van der Waals surface area (Å²) in [5, 5.41) is 8.86. The van der Waals surface area contributed by atoms with Crippen LogP contribution in [0, 0.1) is 0 Å². The van der Waals surface area contributed by atoms with E-state index in [-0.39, 0.29) is 5.91 Å². The van der Waals surface area contributed by atoms with Crippen molar-refractivity contribution in [2.75, 3.05) is 44.0 Å². The van der Waals surface area contributed by atoms with Gasteiger partial charge >= 0.3 is 0 Å². The Morgan fingerprint density at radius 2 is 2.21 bits per heavy atom. The molecule has 0 saturated heterocycles. The molecule has 1 heterocycles. The third-order valence-electron chi connectivity index (χ3n) is 2.28. The van der Waals surface area contributed by atoms with Gasteiger partial charge in [-0.1, -0.05) is 0 Å². The maximum atomic E-state index is 11.4. The molecule has 0 aliphatic heterocycles. The molecule has 3 N–H and O–H groups in total. The van der Waals surface area contributed by atoms with Gasteiger partial charge in [-0.05, 0) is 13.0 Å². The van der Waals surface area contributed by atoms with Crippen LogP contribution in [0.25, 0.3) is 0 Å². The van der Waals surface area contributed by atoms with Crippen molar-refractivity contribution in [2.45, 2.75) is 13.3 Å². The highest BCUT2D eigenvalue weighted by molar-refractivity contribution is 5.76. The molecule has 19 heavy (non-hydrogen) atoms. The maximum Gasteiger partial charge on any atom is 0.224 e. The lowest BCUT2D eigenvalue weighted by Crippen LogP contribution is -2.28. The van der Waals surface area contributed by atoms with Gasteiger partial charge in [-0.25, -0.2) is 4.98 Å². The van der Waals surface area contributed by atoms with E-state index in [4.69, 9.17) is 4.74 Å². The van der Waals surface area contributed by atoms with Crippen LogP contribution in [0.1, 0.15) is 13.3 Å². The zero-order valence-electron chi connectivity index (χ0n) is 11.4. The second kappa shape index (κ2) is 9.09. The Balaban J connectivity index is 2.24. The molecule has 1 aromatic rings. The molecular formula is C12H21N5O2. The molecule has 0 radical (unpaired) electrons. The fourth-order valence-corrected chi connectivity index (χ4v) is 1.39. The average molecular weight is 267 g/mol. The van der Waals surface area contributed by atoms with E-state index in [0.717, 1.165) is 6.54 Å². The summed E-state index contributed by atoms with van der Waals surface area (Å²) in [5.41, 5.74) is 0. The van der Waals surface area contributed by atoms with Crippen molar-refractivity contribution in [1.29, 1.82) is 0 Å². The van der Waals surface area contributed by atoms with E-state index >= 15 is 0 Å². The number of hydrogen-bond acceptors (Lipinski definition) is 6. The third kappa shape index (κ3) is 6.56. The minimum Gasteiger partial charge on any atom is -0.383 e. The molecule has 1 aromatic heterocycles. The highest BCUT2D eigenvalue weighted by Crippen LogP contribution is 2.04. The first-order valence-electron chi connectivity index (χ1n) is 6.32. The molecule has 7 heteroatoms. The summed E-state index contributed by atoms with van der Waals surface area (Å²) in [6.45, 7) is 4.34. The van der Waals surface area contributed by atoms with E-state index in [0.29, 0.717) is 37.9 Å². The van der Waals surface area contributed by atoms with Gasteiger partial charge in [0, 0.05) is 39.4 Å².